The van der Waals surface area contributed by atoms with Crippen molar-refractivity contribution in [2.45, 2.75) is 58.2 Å². The number of rotatable bonds is 6. The van der Waals surface area contributed by atoms with Gasteiger partial charge < -0.3 is 16.2 Å². The Kier molecular flexibility index (Phi) is 6.73. The van der Waals surface area contributed by atoms with E-state index in [9.17, 15) is 14.3 Å². The number of nitrogens with two attached hydrogens (primary N) is 1. The smallest absolute Gasteiger partial charge is 0.251 e. The van der Waals surface area contributed by atoms with Gasteiger partial charge in [-0.2, -0.15) is 0 Å². The predicted molar refractivity (Wildman–Crippen MR) is 106 cm³/mol. The van der Waals surface area contributed by atoms with E-state index >= 15 is 0 Å². The lowest BCUT2D eigenvalue weighted by Gasteiger charge is -2.24. The van der Waals surface area contributed by atoms with Crippen LogP contribution in [0.25, 0.3) is 0 Å². The molecule has 2 aromatic rings. The first-order valence-corrected chi connectivity index (χ1v) is 9.16. The van der Waals surface area contributed by atoms with Gasteiger partial charge in [0, 0.05) is 23.6 Å². The number of aryl methyl sites for hydroxylation is 1. The molecular formula is C22H29FN2O2. The molecule has 0 unspecified atom stereocenters. The van der Waals surface area contributed by atoms with Gasteiger partial charge in [0.15, 0.2) is 0 Å². The predicted octanol–water partition coefficient (Wildman–Crippen LogP) is 3.14. The number of halogens is 1. The molecule has 0 aliphatic heterocycles. The molecule has 0 aliphatic carbocycles. The Labute approximate surface area is 160 Å². The average molecular weight is 372 g/mol. The number of aliphatic hydroxyl groups is 1. The summed E-state index contributed by atoms with van der Waals surface area (Å²) in [5.74, 6) is -0.516. The highest BCUT2D eigenvalue weighted by molar-refractivity contribution is 5.96. The Bertz CT molecular complexity index is 799. The zero-order chi connectivity index (χ0) is 20.2. The molecule has 0 aromatic heterocycles. The summed E-state index contributed by atoms with van der Waals surface area (Å²) in [6.45, 7) is 7.65. The van der Waals surface area contributed by atoms with Crippen molar-refractivity contribution in [2.75, 3.05) is 0 Å². The summed E-state index contributed by atoms with van der Waals surface area (Å²) in [4.78, 5) is 12.6. The molecule has 0 saturated carbocycles. The van der Waals surface area contributed by atoms with E-state index in [-0.39, 0.29) is 30.1 Å². The quantitative estimate of drug-likeness (QED) is 0.729. The van der Waals surface area contributed by atoms with Crippen LogP contribution in [0.3, 0.4) is 0 Å². The lowest BCUT2D eigenvalue weighted by molar-refractivity contribution is 0.0916. The number of benzene rings is 2. The first-order chi connectivity index (χ1) is 12.6. The molecule has 5 heteroatoms. The molecule has 0 spiro atoms. The standard InChI is InChI=1S/C22H29FN2O2/c1-14-8-7-10-16(21(27)25-22(2,3)4)17(14)13-20(26)19(24)12-15-9-5-6-11-18(15)23/h5-11,19-20,26H,12-13,24H2,1-4H3,(H,25,27)/t19-,20+/m1/s1. The minimum atomic E-state index is -0.896. The summed E-state index contributed by atoms with van der Waals surface area (Å²) in [7, 11) is 0. The monoisotopic (exact) mass is 372 g/mol. The van der Waals surface area contributed by atoms with Crippen LogP contribution in [-0.4, -0.2) is 28.7 Å². The van der Waals surface area contributed by atoms with E-state index in [2.05, 4.69) is 5.32 Å². The average Bonchev–Trinajstić information content (AvgIpc) is 2.57. The van der Waals surface area contributed by atoms with Gasteiger partial charge in [0.05, 0.1) is 6.10 Å². The zero-order valence-electron chi connectivity index (χ0n) is 16.4. The highest BCUT2D eigenvalue weighted by Gasteiger charge is 2.23. The Hall–Kier alpha value is -2.24. The minimum Gasteiger partial charge on any atom is -0.391 e. The van der Waals surface area contributed by atoms with Crippen molar-refractivity contribution >= 4 is 5.91 Å². The molecule has 1 amide bonds. The van der Waals surface area contributed by atoms with E-state index in [1.807, 2.05) is 39.8 Å². The third-order valence-electron chi connectivity index (χ3n) is 4.46. The fourth-order valence-electron chi connectivity index (χ4n) is 3.01. The van der Waals surface area contributed by atoms with Gasteiger partial charge in [-0.3, -0.25) is 4.79 Å². The number of carbonyl (C=O) groups excluding carboxylic acids is 1. The van der Waals surface area contributed by atoms with Crippen molar-refractivity contribution in [3.63, 3.8) is 0 Å². The number of hydrogen-bond donors (Lipinski definition) is 3. The third-order valence-corrected chi connectivity index (χ3v) is 4.46. The van der Waals surface area contributed by atoms with E-state index < -0.39 is 12.1 Å². The summed E-state index contributed by atoms with van der Waals surface area (Å²) < 4.78 is 13.8. The van der Waals surface area contributed by atoms with Gasteiger partial charge in [-0.15, -0.1) is 0 Å². The van der Waals surface area contributed by atoms with Crippen LogP contribution >= 0.6 is 0 Å². The van der Waals surface area contributed by atoms with Gasteiger partial charge in [-0.1, -0.05) is 30.3 Å². The SMILES string of the molecule is Cc1cccc(C(=O)NC(C)(C)C)c1C[C@H](O)[C@H](N)Cc1ccccc1F. The van der Waals surface area contributed by atoms with Gasteiger partial charge in [0.25, 0.3) is 5.91 Å². The maximum atomic E-state index is 13.8. The molecule has 2 rings (SSSR count). The van der Waals surface area contributed by atoms with Crippen LogP contribution in [0, 0.1) is 12.7 Å². The molecule has 4 nitrogen and oxygen atoms in total. The number of aliphatic hydroxyl groups excluding tert-OH is 1. The van der Waals surface area contributed by atoms with Gasteiger partial charge in [0.2, 0.25) is 0 Å². The van der Waals surface area contributed by atoms with Crippen molar-refractivity contribution < 1.29 is 14.3 Å². The molecule has 2 aromatic carbocycles. The summed E-state index contributed by atoms with van der Waals surface area (Å²) in [6, 6.07) is 11.2. The minimum absolute atomic E-state index is 0.184. The van der Waals surface area contributed by atoms with Crippen molar-refractivity contribution in [3.8, 4) is 0 Å². The van der Waals surface area contributed by atoms with E-state index in [0.29, 0.717) is 11.1 Å². The van der Waals surface area contributed by atoms with Crippen molar-refractivity contribution in [1.29, 1.82) is 0 Å². The molecule has 27 heavy (non-hydrogen) atoms. The maximum absolute atomic E-state index is 13.8. The molecule has 0 bridgehead atoms. The van der Waals surface area contributed by atoms with Gasteiger partial charge in [0.1, 0.15) is 5.82 Å². The fourth-order valence-corrected chi connectivity index (χ4v) is 3.01. The summed E-state index contributed by atoms with van der Waals surface area (Å²) >= 11 is 0. The molecule has 4 N–H and O–H groups in total. The Morgan fingerprint density at radius 1 is 1.15 bits per heavy atom. The second-order valence-electron chi connectivity index (χ2n) is 8.04. The second kappa shape index (κ2) is 8.63. The zero-order valence-corrected chi connectivity index (χ0v) is 16.4. The first-order valence-electron chi connectivity index (χ1n) is 9.16. The van der Waals surface area contributed by atoms with Crippen molar-refractivity contribution in [2.24, 2.45) is 5.73 Å². The van der Waals surface area contributed by atoms with Crippen LogP contribution in [0.15, 0.2) is 42.5 Å². The first kappa shape index (κ1) is 21.1. The van der Waals surface area contributed by atoms with Gasteiger partial charge in [-0.25, -0.2) is 4.39 Å². The number of carbonyl (C=O) groups is 1. The molecule has 2 atom stereocenters. The summed E-state index contributed by atoms with van der Waals surface area (Å²) in [5, 5.41) is 13.6. The Balaban J connectivity index is 2.18. The van der Waals surface area contributed by atoms with E-state index in [0.717, 1.165) is 11.1 Å². The lowest BCUT2D eigenvalue weighted by atomic mass is 9.91. The van der Waals surface area contributed by atoms with Crippen LogP contribution in [0.5, 0.6) is 0 Å². The fraction of sp³-hybridized carbons (Fsp3) is 0.409. The van der Waals surface area contributed by atoms with Crippen molar-refractivity contribution in [1.82, 2.24) is 5.32 Å². The lowest BCUT2D eigenvalue weighted by Crippen LogP contribution is -2.42. The van der Waals surface area contributed by atoms with Crippen molar-refractivity contribution in [3.05, 3.63) is 70.5 Å². The summed E-state index contributed by atoms with van der Waals surface area (Å²) in [5.41, 5.74) is 8.44. The number of nitrogens with one attached hydrogen (secondary N) is 1. The van der Waals surface area contributed by atoms with E-state index in [1.165, 1.54) is 6.07 Å². The molecule has 0 fully saturated rings. The topological polar surface area (TPSA) is 75.3 Å². The molecule has 0 radical (unpaired) electrons. The largest absolute Gasteiger partial charge is 0.391 e. The molecule has 0 aliphatic rings. The van der Waals surface area contributed by atoms with E-state index in [1.54, 1.807) is 24.3 Å². The van der Waals surface area contributed by atoms with Crippen LogP contribution in [0.1, 0.15) is 47.8 Å². The van der Waals surface area contributed by atoms with Gasteiger partial charge >= 0.3 is 0 Å². The van der Waals surface area contributed by atoms with Gasteiger partial charge in [-0.05, 0) is 62.9 Å². The highest BCUT2D eigenvalue weighted by Crippen LogP contribution is 2.19. The van der Waals surface area contributed by atoms with Crippen LogP contribution in [0.4, 0.5) is 4.39 Å². The van der Waals surface area contributed by atoms with Crippen LogP contribution in [-0.2, 0) is 12.8 Å². The Morgan fingerprint density at radius 3 is 2.44 bits per heavy atom. The second-order valence-corrected chi connectivity index (χ2v) is 8.04. The maximum Gasteiger partial charge on any atom is 0.251 e. The molecular weight excluding hydrogens is 343 g/mol. The molecule has 0 heterocycles. The number of hydrogen-bond acceptors (Lipinski definition) is 3. The van der Waals surface area contributed by atoms with E-state index in [4.69, 9.17) is 5.73 Å². The highest BCUT2D eigenvalue weighted by atomic mass is 19.1. The van der Waals surface area contributed by atoms with Crippen LogP contribution < -0.4 is 11.1 Å². The normalized spacial score (nSPS) is 13.9. The summed E-state index contributed by atoms with van der Waals surface area (Å²) in [6.07, 6.45) is -0.440. The molecule has 0 saturated heterocycles. The number of amides is 1. The Morgan fingerprint density at radius 2 is 1.81 bits per heavy atom. The molecule has 146 valence electrons. The van der Waals surface area contributed by atoms with Crippen LogP contribution in [0.2, 0.25) is 0 Å². The third kappa shape index (κ3) is 5.88.